The first kappa shape index (κ1) is 22.9. The number of nitrogens with one attached hydrogen (secondary N) is 1. The molecular weight excluding hydrogens is 463 g/mol. The van der Waals surface area contributed by atoms with Gasteiger partial charge in [0.1, 0.15) is 11.6 Å². The molecule has 2 amide bonds. The predicted octanol–water partition coefficient (Wildman–Crippen LogP) is 6.11. The van der Waals surface area contributed by atoms with E-state index in [4.69, 9.17) is 32.6 Å². The number of benzene rings is 2. The van der Waals surface area contributed by atoms with E-state index in [2.05, 4.69) is 5.32 Å². The van der Waals surface area contributed by atoms with E-state index in [1.165, 1.54) is 0 Å². The lowest BCUT2D eigenvalue weighted by molar-refractivity contribution is 0.178. The van der Waals surface area contributed by atoms with Gasteiger partial charge in [-0.2, -0.15) is 0 Å². The number of rotatable bonds is 6. The van der Waals surface area contributed by atoms with Crippen molar-refractivity contribution in [1.29, 1.82) is 0 Å². The highest BCUT2D eigenvalue weighted by Gasteiger charge is 2.27. The summed E-state index contributed by atoms with van der Waals surface area (Å²) in [7, 11) is 0. The maximum Gasteiger partial charge on any atom is 0.322 e. The smallest absolute Gasteiger partial charge is 0.322 e. The number of fused-ring (bicyclic) bond motifs is 1. The van der Waals surface area contributed by atoms with E-state index in [-0.39, 0.29) is 18.1 Å². The van der Waals surface area contributed by atoms with Gasteiger partial charge in [0.2, 0.25) is 0 Å². The van der Waals surface area contributed by atoms with Crippen LogP contribution in [0.3, 0.4) is 0 Å². The van der Waals surface area contributed by atoms with Crippen LogP contribution in [0.25, 0.3) is 10.9 Å². The number of hydrogen-bond acceptors (Lipinski definition) is 4. The number of carbonyl (C=O) groups is 1. The largest absolute Gasteiger partial charge is 0.467 e. The molecule has 33 heavy (non-hydrogen) atoms. The highest BCUT2D eigenvalue weighted by Crippen LogP contribution is 2.25. The van der Waals surface area contributed by atoms with E-state index in [9.17, 15) is 9.59 Å². The fourth-order valence-electron chi connectivity index (χ4n) is 3.69. The molecule has 2 aromatic heterocycles. The molecule has 9 heteroatoms. The lowest BCUT2D eigenvalue weighted by Gasteiger charge is -2.30. The SMILES string of the molecule is CCn1c(C(C)N(Cc2ccco2)C(=O)Nc2cccc(Cl)c2)nc2cc(Cl)ccc2c1=O. The summed E-state index contributed by atoms with van der Waals surface area (Å²) < 4.78 is 7.06. The zero-order chi connectivity index (χ0) is 23.5. The Morgan fingerprint density at radius 2 is 1.94 bits per heavy atom. The van der Waals surface area contributed by atoms with E-state index in [1.807, 2.05) is 13.8 Å². The fourth-order valence-corrected chi connectivity index (χ4v) is 4.05. The Morgan fingerprint density at radius 1 is 1.15 bits per heavy atom. The average molecular weight is 485 g/mol. The molecule has 2 heterocycles. The molecule has 0 radical (unpaired) electrons. The number of urea groups is 1. The summed E-state index contributed by atoms with van der Waals surface area (Å²) in [5, 5.41) is 4.33. The lowest BCUT2D eigenvalue weighted by Crippen LogP contribution is -2.39. The molecule has 4 aromatic rings. The molecule has 1 N–H and O–H groups in total. The Labute approximate surface area is 200 Å². The molecule has 0 aliphatic heterocycles. The first-order valence-electron chi connectivity index (χ1n) is 10.4. The van der Waals surface area contributed by atoms with E-state index < -0.39 is 6.04 Å². The van der Waals surface area contributed by atoms with Gasteiger partial charge in [0.05, 0.1) is 29.8 Å². The van der Waals surface area contributed by atoms with Gasteiger partial charge in [-0.15, -0.1) is 0 Å². The van der Waals surface area contributed by atoms with Crippen LogP contribution in [0.15, 0.2) is 70.1 Å². The summed E-state index contributed by atoms with van der Waals surface area (Å²) in [6, 6.07) is 14.5. The molecule has 4 rings (SSSR count). The van der Waals surface area contributed by atoms with Crippen molar-refractivity contribution in [1.82, 2.24) is 14.5 Å². The van der Waals surface area contributed by atoms with Crippen molar-refractivity contribution in [2.45, 2.75) is 33.0 Å². The fraction of sp³-hybridized carbons (Fsp3) is 0.208. The second kappa shape index (κ2) is 9.68. The Kier molecular flexibility index (Phi) is 6.72. The van der Waals surface area contributed by atoms with Crippen LogP contribution in [0, 0.1) is 0 Å². The van der Waals surface area contributed by atoms with Gasteiger partial charge in [-0.05, 0) is 62.4 Å². The van der Waals surface area contributed by atoms with Crippen LogP contribution in [-0.4, -0.2) is 20.5 Å². The van der Waals surface area contributed by atoms with Crippen molar-refractivity contribution in [2.75, 3.05) is 5.32 Å². The molecule has 170 valence electrons. The zero-order valence-electron chi connectivity index (χ0n) is 18.1. The number of aromatic nitrogens is 2. The molecule has 0 aliphatic carbocycles. The van der Waals surface area contributed by atoms with Crippen LogP contribution < -0.4 is 10.9 Å². The normalized spacial score (nSPS) is 12.0. The summed E-state index contributed by atoms with van der Waals surface area (Å²) >= 11 is 12.2. The van der Waals surface area contributed by atoms with Gasteiger partial charge in [-0.3, -0.25) is 9.36 Å². The van der Waals surface area contributed by atoms with Crippen molar-refractivity contribution < 1.29 is 9.21 Å². The average Bonchev–Trinajstić information content (AvgIpc) is 3.30. The van der Waals surface area contributed by atoms with Gasteiger partial charge < -0.3 is 14.6 Å². The molecule has 0 saturated heterocycles. The molecule has 1 unspecified atom stereocenters. The van der Waals surface area contributed by atoms with Crippen LogP contribution in [0.2, 0.25) is 10.0 Å². The van der Waals surface area contributed by atoms with Gasteiger partial charge >= 0.3 is 6.03 Å². The minimum absolute atomic E-state index is 0.174. The van der Waals surface area contributed by atoms with Gasteiger partial charge in [0.25, 0.3) is 5.56 Å². The van der Waals surface area contributed by atoms with Crippen molar-refractivity contribution in [2.24, 2.45) is 0 Å². The Hall–Kier alpha value is -3.29. The summed E-state index contributed by atoms with van der Waals surface area (Å²) in [4.78, 5) is 32.8. The van der Waals surface area contributed by atoms with Crippen LogP contribution in [0.1, 0.15) is 31.5 Å². The molecule has 0 spiro atoms. The summed E-state index contributed by atoms with van der Waals surface area (Å²) in [5.74, 6) is 1.04. The highest BCUT2D eigenvalue weighted by molar-refractivity contribution is 6.31. The molecule has 1 atom stereocenters. The summed E-state index contributed by atoms with van der Waals surface area (Å²) in [6.45, 7) is 4.26. The van der Waals surface area contributed by atoms with Crippen molar-refractivity contribution in [3.8, 4) is 0 Å². The van der Waals surface area contributed by atoms with Crippen molar-refractivity contribution in [3.05, 3.63) is 92.8 Å². The predicted molar refractivity (Wildman–Crippen MR) is 130 cm³/mol. The van der Waals surface area contributed by atoms with E-state index in [0.717, 1.165) is 0 Å². The first-order valence-corrected chi connectivity index (χ1v) is 11.2. The summed E-state index contributed by atoms with van der Waals surface area (Å²) in [5.41, 5.74) is 0.844. The van der Waals surface area contributed by atoms with Gasteiger partial charge in [-0.1, -0.05) is 29.3 Å². The quantitative estimate of drug-likeness (QED) is 0.357. The second-order valence-electron chi connectivity index (χ2n) is 7.50. The lowest BCUT2D eigenvalue weighted by atomic mass is 10.2. The minimum Gasteiger partial charge on any atom is -0.467 e. The van der Waals surface area contributed by atoms with Gasteiger partial charge in [-0.25, -0.2) is 9.78 Å². The van der Waals surface area contributed by atoms with Gasteiger partial charge in [0.15, 0.2) is 0 Å². The number of furan rings is 1. The van der Waals surface area contributed by atoms with E-state index >= 15 is 0 Å². The molecular formula is C24H22Cl2N4O3. The van der Waals surface area contributed by atoms with Crippen LogP contribution >= 0.6 is 23.2 Å². The Bertz CT molecular complexity index is 1350. The molecule has 7 nitrogen and oxygen atoms in total. The standard InChI is InChI=1S/C24H22Cl2N4O3/c1-3-29-22(28-21-13-17(26)9-10-20(21)23(29)31)15(2)30(14-19-8-5-11-33-19)24(32)27-18-7-4-6-16(25)12-18/h4-13,15H,3,14H2,1-2H3,(H,27,32). The number of halogens is 2. The van der Waals surface area contributed by atoms with Crippen LogP contribution in [-0.2, 0) is 13.1 Å². The zero-order valence-corrected chi connectivity index (χ0v) is 19.6. The third-order valence-corrected chi connectivity index (χ3v) is 5.82. The summed E-state index contributed by atoms with van der Waals surface area (Å²) in [6.07, 6.45) is 1.55. The first-order chi connectivity index (χ1) is 15.9. The molecule has 2 aromatic carbocycles. The maximum atomic E-state index is 13.4. The number of nitrogens with zero attached hydrogens (tertiary/aromatic N) is 3. The number of anilines is 1. The molecule has 0 saturated carbocycles. The topological polar surface area (TPSA) is 80.4 Å². The number of amides is 2. The molecule has 0 bridgehead atoms. The Balaban J connectivity index is 1.77. The van der Waals surface area contributed by atoms with E-state index in [0.29, 0.717) is 44.8 Å². The third kappa shape index (κ3) is 4.89. The number of hydrogen-bond donors (Lipinski definition) is 1. The monoisotopic (exact) mass is 484 g/mol. The van der Waals surface area contributed by atoms with Crippen molar-refractivity contribution >= 4 is 45.8 Å². The molecule has 0 aliphatic rings. The highest BCUT2D eigenvalue weighted by atomic mass is 35.5. The van der Waals surface area contributed by atoms with E-state index in [1.54, 1.807) is 70.3 Å². The third-order valence-electron chi connectivity index (χ3n) is 5.35. The maximum absolute atomic E-state index is 13.4. The van der Waals surface area contributed by atoms with Gasteiger partial charge in [0, 0.05) is 22.3 Å². The molecule has 0 fully saturated rings. The van der Waals surface area contributed by atoms with Crippen LogP contribution in [0.4, 0.5) is 10.5 Å². The minimum atomic E-state index is -0.565. The number of carbonyl (C=O) groups excluding carboxylic acids is 1. The van der Waals surface area contributed by atoms with Crippen LogP contribution in [0.5, 0.6) is 0 Å². The second-order valence-corrected chi connectivity index (χ2v) is 8.38. The Morgan fingerprint density at radius 3 is 2.64 bits per heavy atom. The van der Waals surface area contributed by atoms with Crippen molar-refractivity contribution in [3.63, 3.8) is 0 Å².